The van der Waals surface area contributed by atoms with Crippen LogP contribution in [0.4, 0.5) is 5.82 Å². The minimum atomic E-state index is -1.03. The molecule has 2 aromatic rings. The number of benzene rings is 1. The van der Waals surface area contributed by atoms with Gasteiger partial charge in [0, 0.05) is 5.56 Å². The van der Waals surface area contributed by atoms with Crippen LogP contribution in [0, 0.1) is 0 Å². The number of anilines is 1. The van der Waals surface area contributed by atoms with Crippen LogP contribution in [0.3, 0.4) is 0 Å². The third-order valence-corrected chi connectivity index (χ3v) is 3.06. The Bertz CT molecular complexity index is 651. The average Bonchev–Trinajstić information content (AvgIpc) is 2.48. The van der Waals surface area contributed by atoms with E-state index < -0.39 is 11.6 Å². The van der Waals surface area contributed by atoms with Crippen molar-refractivity contribution in [1.29, 1.82) is 0 Å². The second-order valence-corrected chi connectivity index (χ2v) is 5.30. The van der Waals surface area contributed by atoms with Gasteiger partial charge in [-0.15, -0.1) is 0 Å². The van der Waals surface area contributed by atoms with Gasteiger partial charge in [-0.1, -0.05) is 6.07 Å². The van der Waals surface area contributed by atoms with E-state index >= 15 is 0 Å². The van der Waals surface area contributed by atoms with Gasteiger partial charge < -0.3 is 15.2 Å². The van der Waals surface area contributed by atoms with E-state index in [-0.39, 0.29) is 0 Å². The molecule has 0 aliphatic carbocycles. The molecule has 0 amide bonds. The average molecular weight is 300 g/mol. The minimum Gasteiger partial charge on any atom is -0.476 e. The Kier molecular flexibility index (Phi) is 4.65. The Morgan fingerprint density at radius 3 is 2.45 bits per heavy atom. The fourth-order valence-corrected chi connectivity index (χ4v) is 1.95. The molecule has 0 radical (unpaired) electrons. The van der Waals surface area contributed by atoms with E-state index in [0.717, 1.165) is 11.3 Å². The van der Waals surface area contributed by atoms with Gasteiger partial charge in [-0.2, -0.15) is 0 Å². The van der Waals surface area contributed by atoms with Crippen molar-refractivity contribution in [2.75, 3.05) is 12.3 Å². The summed E-state index contributed by atoms with van der Waals surface area (Å²) in [7, 11) is 0. The standard InChI is InChI=1S/C17H20N2O3/c1-4-21-16(20)17(2,3)22-13-10-8-12(9-11-13)14-6-5-7-15(18)19-14/h5-11H,4H2,1-3H3,(H2,18,19). The molecule has 1 aromatic heterocycles. The van der Waals surface area contributed by atoms with Crippen LogP contribution in [0.25, 0.3) is 11.3 Å². The second kappa shape index (κ2) is 6.47. The molecular formula is C17H20N2O3. The summed E-state index contributed by atoms with van der Waals surface area (Å²) in [4.78, 5) is 16.1. The van der Waals surface area contributed by atoms with Crippen LogP contribution in [0.15, 0.2) is 42.5 Å². The van der Waals surface area contributed by atoms with Gasteiger partial charge in [0.1, 0.15) is 11.6 Å². The van der Waals surface area contributed by atoms with E-state index in [0.29, 0.717) is 18.2 Å². The Labute approximate surface area is 130 Å². The number of ether oxygens (including phenoxy) is 2. The van der Waals surface area contributed by atoms with Gasteiger partial charge in [0.05, 0.1) is 12.3 Å². The summed E-state index contributed by atoms with van der Waals surface area (Å²) in [6.45, 7) is 5.45. The fourth-order valence-electron chi connectivity index (χ4n) is 1.95. The van der Waals surface area contributed by atoms with E-state index in [1.807, 2.05) is 24.3 Å². The third-order valence-electron chi connectivity index (χ3n) is 3.06. The van der Waals surface area contributed by atoms with Crippen molar-refractivity contribution in [2.24, 2.45) is 0 Å². The predicted octanol–water partition coefficient (Wildman–Crippen LogP) is 3.05. The van der Waals surface area contributed by atoms with Gasteiger partial charge in [0.25, 0.3) is 0 Å². The van der Waals surface area contributed by atoms with Crippen molar-refractivity contribution in [3.05, 3.63) is 42.5 Å². The highest BCUT2D eigenvalue weighted by atomic mass is 16.6. The van der Waals surface area contributed by atoms with Crippen molar-refractivity contribution in [3.63, 3.8) is 0 Å². The van der Waals surface area contributed by atoms with E-state index in [4.69, 9.17) is 15.2 Å². The van der Waals surface area contributed by atoms with Crippen LogP contribution in [0.5, 0.6) is 5.75 Å². The van der Waals surface area contributed by atoms with Crippen LogP contribution >= 0.6 is 0 Å². The SMILES string of the molecule is CCOC(=O)C(C)(C)Oc1ccc(-c2cccc(N)n2)cc1. The molecule has 0 saturated heterocycles. The molecule has 1 heterocycles. The number of aromatic nitrogens is 1. The lowest BCUT2D eigenvalue weighted by Gasteiger charge is -2.24. The monoisotopic (exact) mass is 300 g/mol. The fraction of sp³-hybridized carbons (Fsp3) is 0.294. The number of pyridine rings is 1. The highest BCUT2D eigenvalue weighted by Crippen LogP contribution is 2.24. The highest BCUT2D eigenvalue weighted by Gasteiger charge is 2.31. The van der Waals surface area contributed by atoms with Gasteiger partial charge >= 0.3 is 5.97 Å². The number of esters is 1. The molecule has 0 aliphatic heterocycles. The zero-order valence-corrected chi connectivity index (χ0v) is 13.0. The Hall–Kier alpha value is -2.56. The van der Waals surface area contributed by atoms with Crippen LogP contribution in [-0.4, -0.2) is 23.2 Å². The zero-order chi connectivity index (χ0) is 16.2. The molecule has 1 aromatic carbocycles. The molecule has 0 spiro atoms. The topological polar surface area (TPSA) is 74.4 Å². The highest BCUT2D eigenvalue weighted by molar-refractivity contribution is 5.79. The number of nitrogens with two attached hydrogens (primary N) is 1. The van der Waals surface area contributed by atoms with Gasteiger partial charge in [0.15, 0.2) is 5.60 Å². The maximum Gasteiger partial charge on any atom is 0.349 e. The normalized spacial score (nSPS) is 11.0. The van der Waals surface area contributed by atoms with E-state index in [1.165, 1.54) is 0 Å². The summed E-state index contributed by atoms with van der Waals surface area (Å²) < 4.78 is 10.7. The number of hydrogen-bond donors (Lipinski definition) is 1. The molecule has 5 nitrogen and oxygen atoms in total. The molecule has 2 N–H and O–H groups in total. The summed E-state index contributed by atoms with van der Waals surface area (Å²) in [6, 6.07) is 12.8. The predicted molar refractivity (Wildman–Crippen MR) is 85.4 cm³/mol. The first kappa shape index (κ1) is 15.8. The maximum absolute atomic E-state index is 11.8. The van der Waals surface area contributed by atoms with Crippen LogP contribution in [-0.2, 0) is 9.53 Å². The molecule has 0 fully saturated rings. The Morgan fingerprint density at radius 1 is 1.18 bits per heavy atom. The summed E-state index contributed by atoms with van der Waals surface area (Å²) in [6.07, 6.45) is 0. The van der Waals surface area contributed by atoms with Crippen molar-refractivity contribution in [2.45, 2.75) is 26.4 Å². The molecule has 0 bridgehead atoms. The number of carbonyl (C=O) groups is 1. The molecule has 5 heteroatoms. The minimum absolute atomic E-state index is 0.325. The van der Waals surface area contributed by atoms with E-state index in [2.05, 4.69) is 4.98 Å². The quantitative estimate of drug-likeness (QED) is 0.859. The molecule has 116 valence electrons. The molecule has 0 atom stereocenters. The van der Waals surface area contributed by atoms with Gasteiger partial charge in [0.2, 0.25) is 0 Å². The van der Waals surface area contributed by atoms with Crippen molar-refractivity contribution in [3.8, 4) is 17.0 Å². The first-order valence-electron chi connectivity index (χ1n) is 7.11. The van der Waals surface area contributed by atoms with Gasteiger partial charge in [-0.05, 0) is 57.2 Å². The van der Waals surface area contributed by atoms with E-state index in [1.54, 1.807) is 39.0 Å². The first-order chi connectivity index (χ1) is 10.4. The Morgan fingerprint density at radius 2 is 1.86 bits per heavy atom. The van der Waals surface area contributed by atoms with Crippen molar-refractivity contribution >= 4 is 11.8 Å². The van der Waals surface area contributed by atoms with Crippen molar-refractivity contribution in [1.82, 2.24) is 4.98 Å². The number of hydrogen-bond acceptors (Lipinski definition) is 5. The first-order valence-corrected chi connectivity index (χ1v) is 7.11. The third kappa shape index (κ3) is 3.75. The van der Waals surface area contributed by atoms with Crippen LogP contribution in [0.1, 0.15) is 20.8 Å². The van der Waals surface area contributed by atoms with Crippen LogP contribution in [0.2, 0.25) is 0 Å². The maximum atomic E-state index is 11.8. The number of nitrogens with zero attached hydrogens (tertiary/aromatic N) is 1. The number of rotatable bonds is 5. The zero-order valence-electron chi connectivity index (χ0n) is 13.0. The van der Waals surface area contributed by atoms with E-state index in [9.17, 15) is 4.79 Å². The second-order valence-electron chi connectivity index (χ2n) is 5.30. The summed E-state index contributed by atoms with van der Waals surface area (Å²) in [5.41, 5.74) is 6.36. The van der Waals surface area contributed by atoms with Crippen molar-refractivity contribution < 1.29 is 14.3 Å². The lowest BCUT2D eigenvalue weighted by Crippen LogP contribution is -2.39. The molecule has 0 unspecified atom stereocenters. The molecule has 0 saturated carbocycles. The lowest BCUT2D eigenvalue weighted by atomic mass is 10.1. The summed E-state index contributed by atoms with van der Waals surface area (Å²) in [5.74, 6) is 0.670. The number of carbonyl (C=O) groups excluding carboxylic acids is 1. The summed E-state index contributed by atoms with van der Waals surface area (Å²) >= 11 is 0. The number of nitrogen functional groups attached to an aromatic ring is 1. The Balaban J connectivity index is 2.14. The summed E-state index contributed by atoms with van der Waals surface area (Å²) in [5, 5.41) is 0. The van der Waals surface area contributed by atoms with Gasteiger partial charge in [-0.3, -0.25) is 0 Å². The lowest BCUT2D eigenvalue weighted by molar-refractivity contribution is -0.158. The molecule has 2 rings (SSSR count). The molecule has 0 aliphatic rings. The van der Waals surface area contributed by atoms with Crippen LogP contribution < -0.4 is 10.5 Å². The smallest absolute Gasteiger partial charge is 0.349 e. The molecule has 22 heavy (non-hydrogen) atoms. The van der Waals surface area contributed by atoms with Gasteiger partial charge in [-0.25, -0.2) is 9.78 Å². The largest absolute Gasteiger partial charge is 0.476 e. The molecular weight excluding hydrogens is 280 g/mol.